The van der Waals surface area contributed by atoms with Crippen molar-refractivity contribution >= 4 is 29.9 Å². The van der Waals surface area contributed by atoms with Crippen LogP contribution in [-0.2, 0) is 9.47 Å². The number of hydrogen-bond donors (Lipinski definition) is 2. The highest BCUT2D eigenvalue weighted by Crippen LogP contribution is 2.37. The van der Waals surface area contributed by atoms with E-state index in [1.807, 2.05) is 14.2 Å². The number of rotatable bonds is 5. The number of guanidine groups is 1. The molecule has 27 heavy (non-hydrogen) atoms. The second-order valence-electron chi connectivity index (χ2n) is 8.64. The van der Waals surface area contributed by atoms with E-state index in [1.165, 1.54) is 38.5 Å². The Hall–Kier alpha value is -0.120. The van der Waals surface area contributed by atoms with Crippen LogP contribution in [0.25, 0.3) is 0 Å². The van der Waals surface area contributed by atoms with E-state index >= 15 is 0 Å². The predicted octanol–water partition coefficient (Wildman–Crippen LogP) is 2.51. The van der Waals surface area contributed by atoms with Gasteiger partial charge in [-0.25, -0.2) is 0 Å². The first-order valence-electron chi connectivity index (χ1n) is 10.6. The number of methoxy groups -OCH3 is 1. The van der Waals surface area contributed by atoms with Crippen LogP contribution in [0.4, 0.5) is 0 Å². The maximum atomic E-state index is 5.98. The molecule has 3 unspecified atom stereocenters. The molecular formula is C20H37IN4O2. The molecule has 0 radical (unpaired) electrons. The highest BCUT2D eigenvalue weighted by molar-refractivity contribution is 14.0. The lowest BCUT2D eigenvalue weighted by atomic mass is 9.91. The van der Waals surface area contributed by atoms with Gasteiger partial charge in [0, 0.05) is 39.3 Å². The number of halogens is 1. The summed E-state index contributed by atoms with van der Waals surface area (Å²) in [5.41, 5.74) is 0.293. The summed E-state index contributed by atoms with van der Waals surface area (Å²) in [4.78, 5) is 7.23. The molecule has 3 saturated heterocycles. The molecule has 0 spiro atoms. The van der Waals surface area contributed by atoms with E-state index in [9.17, 15) is 0 Å². The van der Waals surface area contributed by atoms with Gasteiger partial charge in [-0.2, -0.15) is 0 Å². The van der Waals surface area contributed by atoms with Crippen LogP contribution in [0.1, 0.15) is 57.8 Å². The summed E-state index contributed by atoms with van der Waals surface area (Å²) in [6.07, 6.45) is 12.5. The summed E-state index contributed by atoms with van der Waals surface area (Å²) in [5.74, 6) is 0.948. The molecule has 3 atom stereocenters. The van der Waals surface area contributed by atoms with Gasteiger partial charge in [-0.05, 0) is 44.9 Å². The van der Waals surface area contributed by atoms with Crippen molar-refractivity contribution in [1.29, 1.82) is 0 Å². The first-order chi connectivity index (χ1) is 12.7. The average molecular weight is 492 g/mol. The number of likely N-dealkylation sites (tertiary alicyclic amines) is 1. The summed E-state index contributed by atoms with van der Waals surface area (Å²) in [6.45, 7) is 3.31. The highest BCUT2D eigenvalue weighted by atomic mass is 127. The summed E-state index contributed by atoms with van der Waals surface area (Å²) >= 11 is 0. The van der Waals surface area contributed by atoms with Crippen molar-refractivity contribution in [2.24, 2.45) is 4.99 Å². The molecule has 1 aliphatic carbocycles. The quantitative estimate of drug-likeness (QED) is 0.351. The Balaban J connectivity index is 0.00000210. The summed E-state index contributed by atoms with van der Waals surface area (Å²) in [7, 11) is 3.73. The summed E-state index contributed by atoms with van der Waals surface area (Å²) in [5, 5.41) is 7.30. The van der Waals surface area contributed by atoms with Crippen LogP contribution in [0.2, 0.25) is 0 Å². The van der Waals surface area contributed by atoms with Gasteiger partial charge in [0.05, 0.1) is 24.4 Å². The molecule has 2 N–H and O–H groups in total. The van der Waals surface area contributed by atoms with E-state index in [0.717, 1.165) is 44.9 Å². The molecule has 0 aromatic rings. The third kappa shape index (κ3) is 4.73. The molecule has 1 saturated carbocycles. The van der Waals surface area contributed by atoms with Crippen LogP contribution < -0.4 is 10.6 Å². The van der Waals surface area contributed by atoms with Crippen LogP contribution in [0, 0.1) is 0 Å². The normalized spacial score (nSPS) is 33.9. The zero-order valence-electron chi connectivity index (χ0n) is 16.9. The van der Waals surface area contributed by atoms with E-state index in [0.29, 0.717) is 29.9 Å². The Bertz CT molecular complexity index is 504. The predicted molar refractivity (Wildman–Crippen MR) is 119 cm³/mol. The van der Waals surface area contributed by atoms with Crippen LogP contribution in [0.5, 0.6) is 0 Å². The molecule has 0 aromatic heterocycles. The maximum absolute atomic E-state index is 5.98. The lowest BCUT2D eigenvalue weighted by Gasteiger charge is -2.45. The topological polar surface area (TPSA) is 58.1 Å². The lowest BCUT2D eigenvalue weighted by molar-refractivity contribution is -0.00165. The van der Waals surface area contributed by atoms with E-state index in [1.54, 1.807) is 0 Å². The molecule has 7 heteroatoms. The van der Waals surface area contributed by atoms with Gasteiger partial charge in [-0.1, -0.05) is 12.8 Å². The molecular weight excluding hydrogens is 455 g/mol. The van der Waals surface area contributed by atoms with Gasteiger partial charge in [0.1, 0.15) is 0 Å². The van der Waals surface area contributed by atoms with E-state index in [4.69, 9.17) is 9.47 Å². The SMILES string of the molecule is CN=C(NCC1(N2CCC(OC)CC2)CCCC1)NC1CC2CCC1O2.I. The Labute approximate surface area is 181 Å². The Kier molecular flexibility index (Phi) is 7.66. The fourth-order valence-electron chi connectivity index (χ4n) is 5.61. The number of aliphatic imine (C=N–C) groups is 1. The zero-order chi connectivity index (χ0) is 18.0. The van der Waals surface area contributed by atoms with Crippen molar-refractivity contribution in [3.8, 4) is 0 Å². The van der Waals surface area contributed by atoms with Crippen LogP contribution in [0.3, 0.4) is 0 Å². The van der Waals surface area contributed by atoms with E-state index in [-0.39, 0.29) is 24.0 Å². The Morgan fingerprint density at radius 3 is 2.48 bits per heavy atom. The van der Waals surface area contributed by atoms with Gasteiger partial charge in [-0.3, -0.25) is 9.89 Å². The van der Waals surface area contributed by atoms with Gasteiger partial charge in [0.15, 0.2) is 5.96 Å². The van der Waals surface area contributed by atoms with Crippen molar-refractivity contribution in [1.82, 2.24) is 15.5 Å². The van der Waals surface area contributed by atoms with E-state index in [2.05, 4.69) is 20.5 Å². The average Bonchev–Trinajstić information content (AvgIpc) is 3.42. The number of piperidine rings is 1. The minimum absolute atomic E-state index is 0. The third-order valence-corrected chi connectivity index (χ3v) is 7.22. The minimum atomic E-state index is 0. The molecule has 3 aliphatic heterocycles. The number of fused-ring (bicyclic) bond motifs is 2. The summed E-state index contributed by atoms with van der Waals surface area (Å²) < 4.78 is 11.5. The number of nitrogens with one attached hydrogen (secondary N) is 2. The lowest BCUT2D eigenvalue weighted by Crippen LogP contribution is -2.59. The Morgan fingerprint density at radius 2 is 1.93 bits per heavy atom. The number of nitrogens with zero attached hydrogens (tertiary/aromatic N) is 2. The molecule has 2 bridgehead atoms. The third-order valence-electron chi connectivity index (χ3n) is 7.22. The van der Waals surface area contributed by atoms with Crippen molar-refractivity contribution in [3.05, 3.63) is 0 Å². The highest BCUT2D eigenvalue weighted by Gasteiger charge is 2.43. The van der Waals surface area contributed by atoms with Gasteiger partial charge < -0.3 is 20.1 Å². The van der Waals surface area contributed by atoms with Crippen molar-refractivity contribution in [2.75, 3.05) is 33.8 Å². The molecule has 0 amide bonds. The van der Waals surface area contributed by atoms with Gasteiger partial charge in [-0.15, -0.1) is 24.0 Å². The van der Waals surface area contributed by atoms with Crippen LogP contribution in [-0.4, -0.2) is 74.5 Å². The van der Waals surface area contributed by atoms with Gasteiger partial charge in [0.2, 0.25) is 0 Å². The summed E-state index contributed by atoms with van der Waals surface area (Å²) in [6, 6.07) is 0.428. The minimum Gasteiger partial charge on any atom is -0.381 e. The second kappa shape index (κ2) is 9.59. The molecule has 156 valence electrons. The van der Waals surface area contributed by atoms with Crippen LogP contribution in [0.15, 0.2) is 4.99 Å². The largest absolute Gasteiger partial charge is 0.381 e. The second-order valence-corrected chi connectivity index (χ2v) is 8.64. The fraction of sp³-hybridized carbons (Fsp3) is 0.950. The molecule has 4 rings (SSSR count). The molecule has 6 nitrogen and oxygen atoms in total. The van der Waals surface area contributed by atoms with Crippen LogP contribution >= 0.6 is 24.0 Å². The Morgan fingerprint density at radius 1 is 1.19 bits per heavy atom. The first kappa shape index (κ1) is 21.6. The van der Waals surface area contributed by atoms with Gasteiger partial charge in [0.25, 0.3) is 0 Å². The van der Waals surface area contributed by atoms with Gasteiger partial charge >= 0.3 is 0 Å². The fourth-order valence-corrected chi connectivity index (χ4v) is 5.61. The molecule has 3 heterocycles. The zero-order valence-corrected chi connectivity index (χ0v) is 19.2. The van der Waals surface area contributed by atoms with Crippen molar-refractivity contribution < 1.29 is 9.47 Å². The standard InChI is InChI=1S/C20H36N4O2.HI/c1-21-19(23-17-13-16-5-6-18(17)26-16)22-14-20(9-3-4-10-20)24-11-7-15(25-2)8-12-24;/h15-18H,3-14H2,1-2H3,(H2,21,22,23);1H. The van der Waals surface area contributed by atoms with E-state index < -0.39 is 0 Å². The smallest absolute Gasteiger partial charge is 0.191 e. The maximum Gasteiger partial charge on any atom is 0.191 e. The monoisotopic (exact) mass is 492 g/mol. The van der Waals surface area contributed by atoms with Crippen molar-refractivity contribution in [3.63, 3.8) is 0 Å². The first-order valence-corrected chi connectivity index (χ1v) is 10.6. The number of hydrogen-bond acceptors (Lipinski definition) is 4. The van der Waals surface area contributed by atoms with Crippen molar-refractivity contribution in [2.45, 2.75) is 87.7 Å². The molecule has 0 aromatic carbocycles. The molecule has 4 fully saturated rings. The molecule has 4 aliphatic rings. The number of ether oxygens (including phenoxy) is 2.